The smallest absolute Gasteiger partial charge is 0.227 e. The Balaban J connectivity index is 2.37. The molecule has 2 rings (SSSR count). The molecule has 1 unspecified atom stereocenters. The quantitative estimate of drug-likeness (QED) is 0.837. The minimum absolute atomic E-state index is 0.0152. The van der Waals surface area contributed by atoms with Gasteiger partial charge in [0.1, 0.15) is 0 Å². The number of rotatable bonds is 5. The van der Waals surface area contributed by atoms with Crippen molar-refractivity contribution in [2.75, 3.05) is 10.7 Å². The van der Waals surface area contributed by atoms with Crippen LogP contribution in [0.1, 0.15) is 37.3 Å². The van der Waals surface area contributed by atoms with Gasteiger partial charge in [-0.1, -0.05) is 19.4 Å². The van der Waals surface area contributed by atoms with E-state index in [1.54, 1.807) is 11.0 Å². The Hall–Kier alpha value is -1.62. The first kappa shape index (κ1) is 16.7. The Kier molecular flexibility index (Phi) is 5.06. The second-order valence-electron chi connectivity index (χ2n) is 5.94. The van der Waals surface area contributed by atoms with Gasteiger partial charge >= 0.3 is 0 Å². The van der Waals surface area contributed by atoms with Crippen molar-refractivity contribution in [2.45, 2.75) is 46.1 Å². The number of anilines is 1. The predicted octanol–water partition coefficient (Wildman–Crippen LogP) is 3.14. The van der Waals surface area contributed by atoms with Crippen LogP contribution in [0.25, 0.3) is 0 Å². The standard InChI is InChI=1S/C17H23NO3S/c1-4-5-6-17(19)18(15-7-8-22(20,21)12-15)16-10-13(2)9-14(3)11-16/h7-11,15H,4-6,12H2,1-3H3. The lowest BCUT2D eigenvalue weighted by Crippen LogP contribution is -2.41. The van der Waals surface area contributed by atoms with Crippen LogP contribution in [0.2, 0.25) is 0 Å². The minimum atomic E-state index is -3.20. The molecule has 0 fully saturated rings. The number of sulfone groups is 1. The summed E-state index contributed by atoms with van der Waals surface area (Å²) in [5, 5.41) is 1.22. The molecule has 1 aliphatic heterocycles. The molecule has 0 saturated heterocycles. The number of amides is 1. The average molecular weight is 321 g/mol. The molecule has 120 valence electrons. The van der Waals surface area contributed by atoms with Crippen molar-refractivity contribution in [3.05, 3.63) is 40.8 Å². The van der Waals surface area contributed by atoms with Gasteiger partial charge in [-0.2, -0.15) is 0 Å². The molecule has 0 N–H and O–H groups in total. The molecule has 5 heteroatoms. The Morgan fingerprint density at radius 3 is 2.36 bits per heavy atom. The van der Waals surface area contributed by atoms with Crippen LogP contribution in [0, 0.1) is 13.8 Å². The van der Waals surface area contributed by atoms with Crippen LogP contribution in [0.3, 0.4) is 0 Å². The van der Waals surface area contributed by atoms with E-state index in [0.29, 0.717) is 6.42 Å². The number of nitrogens with zero attached hydrogens (tertiary/aromatic N) is 1. The SMILES string of the molecule is CCCCC(=O)N(c1cc(C)cc(C)c1)C1C=CS(=O)(=O)C1. The van der Waals surface area contributed by atoms with E-state index in [0.717, 1.165) is 29.7 Å². The molecule has 1 amide bonds. The second-order valence-corrected chi connectivity index (χ2v) is 7.87. The van der Waals surface area contributed by atoms with E-state index in [2.05, 4.69) is 0 Å². The van der Waals surface area contributed by atoms with E-state index in [9.17, 15) is 13.2 Å². The molecule has 0 aromatic heterocycles. The highest BCUT2D eigenvalue weighted by Gasteiger charge is 2.31. The van der Waals surface area contributed by atoms with E-state index in [-0.39, 0.29) is 11.7 Å². The van der Waals surface area contributed by atoms with Crippen molar-refractivity contribution in [3.8, 4) is 0 Å². The Morgan fingerprint density at radius 2 is 1.86 bits per heavy atom. The van der Waals surface area contributed by atoms with Gasteiger partial charge in [0, 0.05) is 17.5 Å². The van der Waals surface area contributed by atoms with E-state index >= 15 is 0 Å². The van der Waals surface area contributed by atoms with Crippen LogP contribution in [0.5, 0.6) is 0 Å². The zero-order chi connectivity index (χ0) is 16.3. The molecule has 1 atom stereocenters. The summed E-state index contributed by atoms with van der Waals surface area (Å²) in [5.74, 6) is -0.0451. The zero-order valence-electron chi connectivity index (χ0n) is 13.4. The fraction of sp³-hybridized carbons (Fsp3) is 0.471. The molecular formula is C17H23NO3S. The van der Waals surface area contributed by atoms with E-state index in [1.807, 2.05) is 39.0 Å². The van der Waals surface area contributed by atoms with E-state index in [1.165, 1.54) is 5.41 Å². The van der Waals surface area contributed by atoms with Crippen LogP contribution < -0.4 is 4.90 Å². The molecular weight excluding hydrogens is 298 g/mol. The first-order valence-corrected chi connectivity index (χ1v) is 9.35. The van der Waals surface area contributed by atoms with Crippen molar-refractivity contribution in [1.82, 2.24) is 0 Å². The maximum absolute atomic E-state index is 12.6. The molecule has 0 radical (unpaired) electrons. The van der Waals surface area contributed by atoms with Crippen LogP contribution in [-0.4, -0.2) is 26.1 Å². The van der Waals surface area contributed by atoms with Crippen LogP contribution in [0.15, 0.2) is 29.7 Å². The summed E-state index contributed by atoms with van der Waals surface area (Å²) in [5.41, 5.74) is 2.91. The summed E-state index contributed by atoms with van der Waals surface area (Å²) in [6.45, 7) is 5.99. The Morgan fingerprint density at radius 1 is 1.23 bits per heavy atom. The van der Waals surface area contributed by atoms with Crippen molar-refractivity contribution >= 4 is 21.4 Å². The van der Waals surface area contributed by atoms with Gasteiger partial charge in [-0.25, -0.2) is 8.42 Å². The zero-order valence-corrected chi connectivity index (χ0v) is 14.2. The normalized spacial score (nSPS) is 19.3. The number of hydrogen-bond donors (Lipinski definition) is 0. The van der Waals surface area contributed by atoms with Gasteiger partial charge in [0.05, 0.1) is 11.8 Å². The summed E-state index contributed by atoms with van der Waals surface area (Å²) in [7, 11) is -3.20. The lowest BCUT2D eigenvalue weighted by molar-refractivity contribution is -0.118. The maximum Gasteiger partial charge on any atom is 0.227 e. The molecule has 0 bridgehead atoms. The largest absolute Gasteiger partial charge is 0.304 e. The minimum Gasteiger partial charge on any atom is -0.304 e. The summed E-state index contributed by atoms with van der Waals surface area (Å²) in [6, 6.07) is 5.51. The number of hydrogen-bond acceptors (Lipinski definition) is 3. The number of carbonyl (C=O) groups is 1. The van der Waals surface area contributed by atoms with E-state index < -0.39 is 15.9 Å². The fourth-order valence-corrected chi connectivity index (χ4v) is 4.05. The summed E-state index contributed by atoms with van der Waals surface area (Å²) in [4.78, 5) is 14.3. The third-order valence-electron chi connectivity index (χ3n) is 3.74. The van der Waals surface area contributed by atoms with Gasteiger partial charge in [0.2, 0.25) is 5.91 Å². The molecule has 0 spiro atoms. The molecule has 0 aliphatic carbocycles. The number of unbranched alkanes of at least 4 members (excludes halogenated alkanes) is 1. The summed E-state index contributed by atoms with van der Waals surface area (Å²) in [6.07, 6.45) is 3.80. The predicted molar refractivity (Wildman–Crippen MR) is 89.6 cm³/mol. The highest BCUT2D eigenvalue weighted by Crippen LogP contribution is 2.26. The second kappa shape index (κ2) is 6.65. The number of benzene rings is 1. The molecule has 4 nitrogen and oxygen atoms in total. The van der Waals surface area contributed by atoms with Gasteiger partial charge in [0.25, 0.3) is 0 Å². The summed E-state index contributed by atoms with van der Waals surface area (Å²) < 4.78 is 23.4. The Labute approximate surface area is 132 Å². The van der Waals surface area contributed by atoms with Crippen molar-refractivity contribution in [3.63, 3.8) is 0 Å². The third-order valence-corrected chi connectivity index (χ3v) is 5.12. The van der Waals surface area contributed by atoms with Gasteiger partial charge in [-0.15, -0.1) is 0 Å². The fourth-order valence-electron chi connectivity index (χ4n) is 2.78. The third kappa shape index (κ3) is 3.97. The first-order chi connectivity index (χ1) is 10.3. The topological polar surface area (TPSA) is 54.5 Å². The highest BCUT2D eigenvalue weighted by molar-refractivity contribution is 7.94. The van der Waals surface area contributed by atoms with Crippen molar-refractivity contribution in [2.24, 2.45) is 0 Å². The molecule has 22 heavy (non-hydrogen) atoms. The lowest BCUT2D eigenvalue weighted by atomic mass is 10.1. The average Bonchev–Trinajstić information content (AvgIpc) is 2.75. The first-order valence-electron chi connectivity index (χ1n) is 7.63. The van der Waals surface area contributed by atoms with Crippen LogP contribution in [-0.2, 0) is 14.6 Å². The lowest BCUT2D eigenvalue weighted by Gasteiger charge is -2.28. The summed E-state index contributed by atoms with van der Waals surface area (Å²) >= 11 is 0. The van der Waals surface area contributed by atoms with Gasteiger partial charge in [-0.3, -0.25) is 4.79 Å². The molecule has 1 aromatic rings. The molecule has 1 aliphatic rings. The number of carbonyl (C=O) groups excluding carboxylic acids is 1. The molecule has 0 saturated carbocycles. The highest BCUT2D eigenvalue weighted by atomic mass is 32.2. The van der Waals surface area contributed by atoms with Crippen LogP contribution in [0.4, 0.5) is 5.69 Å². The Bertz CT molecular complexity index is 672. The maximum atomic E-state index is 12.6. The van der Waals surface area contributed by atoms with Gasteiger partial charge < -0.3 is 4.90 Å². The van der Waals surface area contributed by atoms with Gasteiger partial charge in [0.15, 0.2) is 9.84 Å². The number of aryl methyl sites for hydroxylation is 2. The van der Waals surface area contributed by atoms with Crippen molar-refractivity contribution in [1.29, 1.82) is 0 Å². The molecule has 1 heterocycles. The van der Waals surface area contributed by atoms with Crippen molar-refractivity contribution < 1.29 is 13.2 Å². The monoisotopic (exact) mass is 321 g/mol. The molecule has 1 aromatic carbocycles. The van der Waals surface area contributed by atoms with Gasteiger partial charge in [-0.05, 0) is 49.6 Å². The van der Waals surface area contributed by atoms with E-state index in [4.69, 9.17) is 0 Å². The van der Waals surface area contributed by atoms with Crippen LogP contribution >= 0.6 is 0 Å².